The van der Waals surface area contributed by atoms with Crippen molar-refractivity contribution in [2.24, 2.45) is 0 Å². The van der Waals surface area contributed by atoms with Crippen molar-refractivity contribution in [3.63, 3.8) is 0 Å². The van der Waals surface area contributed by atoms with Gasteiger partial charge in [-0.1, -0.05) is 0 Å². The first kappa shape index (κ1) is 20.2. The fourth-order valence-electron chi connectivity index (χ4n) is 5.52. The second-order valence-electron chi connectivity index (χ2n) is 10.8. The Balaban J connectivity index is 1.71. The van der Waals surface area contributed by atoms with E-state index in [-0.39, 0.29) is 0 Å². The molecule has 2 fully saturated rings. The smallest absolute Gasteiger partial charge is 0.0907 e. The van der Waals surface area contributed by atoms with Gasteiger partial charge >= 0.3 is 0 Å². The topological polar surface area (TPSA) is 0 Å². The van der Waals surface area contributed by atoms with Crippen molar-refractivity contribution in [1.29, 1.82) is 0 Å². The zero-order valence-corrected chi connectivity index (χ0v) is 17.8. The Morgan fingerprint density at radius 3 is 1.04 bits per heavy atom. The summed E-state index contributed by atoms with van der Waals surface area (Å²) in [6.45, 7) is 23.3. The van der Waals surface area contributed by atoms with Crippen LogP contribution in [0.5, 0.6) is 0 Å². The van der Waals surface area contributed by atoms with Crippen molar-refractivity contribution in [1.82, 2.24) is 0 Å². The molecule has 0 aromatic carbocycles. The fraction of sp³-hybridized carbons (Fsp3) is 1.00. The lowest BCUT2D eigenvalue weighted by Crippen LogP contribution is -2.58. The van der Waals surface area contributed by atoms with Gasteiger partial charge in [-0.25, -0.2) is 0 Å². The van der Waals surface area contributed by atoms with E-state index in [1.165, 1.54) is 99.6 Å². The Kier molecular flexibility index (Phi) is 6.46. The van der Waals surface area contributed by atoms with Crippen LogP contribution in [0.4, 0.5) is 0 Å². The van der Waals surface area contributed by atoms with Crippen molar-refractivity contribution in [3.05, 3.63) is 0 Å². The summed E-state index contributed by atoms with van der Waals surface area (Å²) in [4.78, 5) is 0. The summed E-state index contributed by atoms with van der Waals surface area (Å²) >= 11 is 0. The fourth-order valence-corrected chi connectivity index (χ4v) is 5.52. The van der Waals surface area contributed by atoms with E-state index >= 15 is 0 Å². The normalized spacial score (nSPS) is 23.8. The van der Waals surface area contributed by atoms with Gasteiger partial charge < -0.3 is 8.97 Å². The molecule has 142 valence electrons. The summed E-state index contributed by atoms with van der Waals surface area (Å²) in [5.74, 6) is 0. The Morgan fingerprint density at radius 1 is 0.500 bits per heavy atom. The zero-order chi connectivity index (χ0) is 17.9. The number of quaternary nitrogens is 2. The Bertz CT molecular complexity index is 336. The van der Waals surface area contributed by atoms with Crippen LogP contribution in [-0.2, 0) is 0 Å². The molecule has 0 atom stereocenters. The van der Waals surface area contributed by atoms with Crippen molar-refractivity contribution in [2.45, 2.75) is 104 Å². The van der Waals surface area contributed by atoms with Crippen LogP contribution < -0.4 is 0 Å². The molecule has 0 spiro atoms. The van der Waals surface area contributed by atoms with Crippen molar-refractivity contribution in [3.8, 4) is 0 Å². The van der Waals surface area contributed by atoms with E-state index < -0.39 is 0 Å². The summed E-state index contributed by atoms with van der Waals surface area (Å²) in [6, 6.07) is 0. The molecule has 2 nitrogen and oxygen atoms in total. The Hall–Kier alpha value is -0.0800. The third-order valence-corrected chi connectivity index (χ3v) is 7.61. The first-order valence-corrected chi connectivity index (χ1v) is 10.8. The summed E-state index contributed by atoms with van der Waals surface area (Å²) in [7, 11) is 0. The maximum absolute atomic E-state index is 2.46. The molecule has 24 heavy (non-hydrogen) atoms. The number of nitrogens with zero attached hydrogens (tertiary/aromatic N) is 2. The van der Waals surface area contributed by atoms with Crippen LogP contribution >= 0.6 is 0 Å². The van der Waals surface area contributed by atoms with Gasteiger partial charge in [0.05, 0.1) is 50.3 Å². The average Bonchev–Trinajstić information content (AvgIpc) is 3.11. The molecule has 0 aliphatic carbocycles. The highest BCUT2D eigenvalue weighted by molar-refractivity contribution is 4.70. The third kappa shape index (κ3) is 4.36. The maximum Gasteiger partial charge on any atom is 0.0907 e. The van der Waals surface area contributed by atoms with Gasteiger partial charge in [-0.05, 0) is 67.2 Å². The van der Waals surface area contributed by atoms with Gasteiger partial charge in [-0.15, -0.1) is 0 Å². The Morgan fingerprint density at radius 2 is 0.792 bits per heavy atom. The molecule has 0 bridgehead atoms. The van der Waals surface area contributed by atoms with E-state index in [0.717, 1.165) is 0 Å². The van der Waals surface area contributed by atoms with Crippen LogP contribution in [-0.4, -0.2) is 59.3 Å². The van der Waals surface area contributed by atoms with Gasteiger partial charge in [-0.2, -0.15) is 0 Å². The van der Waals surface area contributed by atoms with Crippen molar-refractivity contribution in [2.75, 3.05) is 39.3 Å². The molecule has 0 N–H and O–H groups in total. The first-order valence-electron chi connectivity index (χ1n) is 10.8. The lowest BCUT2D eigenvalue weighted by atomic mass is 9.99. The molecule has 2 aliphatic heterocycles. The Labute approximate surface area is 152 Å². The lowest BCUT2D eigenvalue weighted by Gasteiger charge is -2.46. The second-order valence-corrected chi connectivity index (χ2v) is 10.8. The molecule has 2 heteroatoms. The monoisotopic (exact) mass is 338 g/mol. The van der Waals surface area contributed by atoms with Gasteiger partial charge in [0, 0.05) is 25.7 Å². The standard InChI is InChI=1S/C22H46N2/c1-21(2,3)23(17-11-12-18-23)15-9-7-8-10-16-24(22(4,5)6)19-13-14-20-24/h7-20H2,1-6H3/q+2. The summed E-state index contributed by atoms with van der Waals surface area (Å²) in [6.07, 6.45) is 11.6. The highest BCUT2D eigenvalue weighted by atomic mass is 15.4. The minimum atomic E-state index is 0.438. The van der Waals surface area contributed by atoms with Crippen LogP contribution in [0.15, 0.2) is 0 Å². The largest absolute Gasteiger partial charge is 0.319 e. The molecule has 2 saturated heterocycles. The zero-order valence-electron chi connectivity index (χ0n) is 17.8. The highest BCUT2D eigenvalue weighted by Crippen LogP contribution is 2.33. The minimum Gasteiger partial charge on any atom is -0.319 e. The van der Waals surface area contributed by atoms with Crippen LogP contribution in [0.3, 0.4) is 0 Å². The van der Waals surface area contributed by atoms with Crippen LogP contribution in [0.2, 0.25) is 0 Å². The van der Waals surface area contributed by atoms with Crippen LogP contribution in [0.25, 0.3) is 0 Å². The molecule has 2 aliphatic rings. The summed E-state index contributed by atoms with van der Waals surface area (Å²) in [5.41, 5.74) is 0.876. The van der Waals surface area contributed by atoms with Gasteiger partial charge in [-0.3, -0.25) is 0 Å². The predicted molar refractivity (Wildman–Crippen MR) is 106 cm³/mol. The summed E-state index contributed by atoms with van der Waals surface area (Å²) in [5, 5.41) is 0. The molecule has 0 aromatic rings. The SMILES string of the molecule is CC(C)(C)[N+]1(CCCCCC[N+]2(C(C)(C)C)CCCC2)CCCC1. The molecule has 0 unspecified atom stereocenters. The third-order valence-electron chi connectivity index (χ3n) is 7.61. The molecule has 0 saturated carbocycles. The number of unbranched alkanes of at least 4 members (excludes halogenated alkanes) is 3. The van der Waals surface area contributed by atoms with E-state index in [1.807, 2.05) is 0 Å². The second kappa shape index (κ2) is 7.66. The number of likely N-dealkylation sites (tertiary alicyclic amines) is 2. The molecular formula is C22H46N2+2. The predicted octanol–water partition coefficient (Wildman–Crippen LogP) is 5.37. The molecular weight excluding hydrogens is 292 g/mol. The van der Waals surface area contributed by atoms with Gasteiger partial charge in [0.2, 0.25) is 0 Å². The molecule has 0 amide bonds. The van der Waals surface area contributed by atoms with Crippen LogP contribution in [0, 0.1) is 0 Å². The molecule has 2 rings (SSSR count). The molecule has 0 radical (unpaired) electrons. The van der Waals surface area contributed by atoms with E-state index in [1.54, 1.807) is 0 Å². The van der Waals surface area contributed by atoms with E-state index in [4.69, 9.17) is 0 Å². The lowest BCUT2D eigenvalue weighted by molar-refractivity contribution is -0.961. The number of rotatable bonds is 7. The van der Waals surface area contributed by atoms with E-state index in [0.29, 0.717) is 11.1 Å². The molecule has 2 heterocycles. The number of hydrogen-bond acceptors (Lipinski definition) is 0. The van der Waals surface area contributed by atoms with Gasteiger partial charge in [0.25, 0.3) is 0 Å². The summed E-state index contributed by atoms with van der Waals surface area (Å²) < 4.78 is 2.77. The first-order chi connectivity index (χ1) is 11.1. The van der Waals surface area contributed by atoms with Gasteiger partial charge in [0.1, 0.15) is 0 Å². The quantitative estimate of drug-likeness (QED) is 0.433. The van der Waals surface area contributed by atoms with Crippen molar-refractivity contribution >= 4 is 0 Å². The van der Waals surface area contributed by atoms with E-state index in [9.17, 15) is 0 Å². The highest BCUT2D eigenvalue weighted by Gasteiger charge is 2.43. The number of hydrogen-bond donors (Lipinski definition) is 0. The molecule has 0 aromatic heterocycles. The van der Waals surface area contributed by atoms with Crippen molar-refractivity contribution < 1.29 is 8.97 Å². The average molecular weight is 339 g/mol. The maximum atomic E-state index is 2.46. The van der Waals surface area contributed by atoms with Crippen LogP contribution in [0.1, 0.15) is 92.9 Å². The van der Waals surface area contributed by atoms with E-state index in [2.05, 4.69) is 41.5 Å². The minimum absolute atomic E-state index is 0.438. The van der Waals surface area contributed by atoms with Gasteiger partial charge in [0.15, 0.2) is 0 Å².